The van der Waals surface area contributed by atoms with Crippen molar-refractivity contribution in [3.8, 4) is 0 Å². The molecule has 0 N–H and O–H groups in total. The van der Waals surface area contributed by atoms with Crippen molar-refractivity contribution in [1.82, 2.24) is 0 Å². The van der Waals surface area contributed by atoms with Crippen LogP contribution in [0.25, 0.3) is 0 Å². The SMILES string of the molecule is CCCCCC(=NOC(=O)c1cccc(C)c1)c1ccccc1. The Bertz CT molecular complexity index is 662. The molecule has 0 amide bonds. The Hall–Kier alpha value is -2.42. The fourth-order valence-corrected chi connectivity index (χ4v) is 2.34. The van der Waals surface area contributed by atoms with E-state index in [1.165, 1.54) is 0 Å². The molecule has 0 saturated carbocycles. The molecule has 0 radical (unpaired) electrons. The van der Waals surface area contributed by atoms with Gasteiger partial charge in [-0.1, -0.05) is 72.9 Å². The molecule has 0 heterocycles. The first-order chi connectivity index (χ1) is 11.2. The molecule has 2 rings (SSSR count). The Kier molecular flexibility index (Phi) is 6.55. The van der Waals surface area contributed by atoms with Crippen LogP contribution in [0.4, 0.5) is 0 Å². The number of hydrogen-bond donors (Lipinski definition) is 0. The number of unbranched alkanes of at least 4 members (excludes halogenated alkanes) is 2. The van der Waals surface area contributed by atoms with E-state index in [2.05, 4.69) is 12.1 Å². The number of nitrogens with zero attached hydrogens (tertiary/aromatic N) is 1. The second-order valence-corrected chi connectivity index (χ2v) is 5.61. The molecule has 2 aromatic carbocycles. The standard InChI is InChI=1S/C20H23NO2/c1-3-4-6-14-19(17-11-7-5-8-12-17)21-23-20(22)18-13-9-10-16(2)15-18/h5,7-13,15H,3-4,6,14H2,1-2H3. The molecule has 0 aliphatic carbocycles. The van der Waals surface area contributed by atoms with Gasteiger partial charge in [-0.25, -0.2) is 4.79 Å². The van der Waals surface area contributed by atoms with Crippen LogP contribution in [0.15, 0.2) is 59.8 Å². The number of aryl methyl sites for hydroxylation is 1. The van der Waals surface area contributed by atoms with Gasteiger partial charge >= 0.3 is 5.97 Å². The summed E-state index contributed by atoms with van der Waals surface area (Å²) < 4.78 is 0. The van der Waals surface area contributed by atoms with E-state index in [1.807, 2.05) is 49.4 Å². The van der Waals surface area contributed by atoms with Crippen LogP contribution >= 0.6 is 0 Å². The lowest BCUT2D eigenvalue weighted by atomic mass is 10.0. The van der Waals surface area contributed by atoms with E-state index in [0.29, 0.717) is 5.56 Å². The van der Waals surface area contributed by atoms with Crippen molar-refractivity contribution in [1.29, 1.82) is 0 Å². The summed E-state index contributed by atoms with van der Waals surface area (Å²) in [6.45, 7) is 4.11. The van der Waals surface area contributed by atoms with Crippen LogP contribution in [0, 0.1) is 6.92 Å². The third kappa shape index (κ3) is 5.37. The first-order valence-electron chi connectivity index (χ1n) is 8.11. The van der Waals surface area contributed by atoms with E-state index in [9.17, 15) is 4.79 Å². The number of carbonyl (C=O) groups is 1. The van der Waals surface area contributed by atoms with Crippen LogP contribution in [0.3, 0.4) is 0 Å². The lowest BCUT2D eigenvalue weighted by Crippen LogP contribution is -2.06. The van der Waals surface area contributed by atoms with Gasteiger partial charge < -0.3 is 4.84 Å². The third-order valence-corrected chi connectivity index (χ3v) is 3.62. The molecule has 0 fully saturated rings. The molecule has 0 unspecified atom stereocenters. The van der Waals surface area contributed by atoms with Crippen LogP contribution in [-0.4, -0.2) is 11.7 Å². The van der Waals surface area contributed by atoms with Crippen LogP contribution in [0.1, 0.15) is 54.1 Å². The molecule has 0 aliphatic rings. The van der Waals surface area contributed by atoms with Crippen molar-refractivity contribution in [2.45, 2.75) is 39.5 Å². The van der Waals surface area contributed by atoms with E-state index in [-0.39, 0.29) is 0 Å². The third-order valence-electron chi connectivity index (χ3n) is 3.62. The fourth-order valence-electron chi connectivity index (χ4n) is 2.34. The van der Waals surface area contributed by atoms with Crippen molar-refractivity contribution in [2.75, 3.05) is 0 Å². The lowest BCUT2D eigenvalue weighted by Gasteiger charge is -2.06. The van der Waals surface area contributed by atoms with Gasteiger partial charge in [-0.15, -0.1) is 0 Å². The van der Waals surface area contributed by atoms with Gasteiger partial charge in [0.1, 0.15) is 0 Å². The number of benzene rings is 2. The minimum Gasteiger partial charge on any atom is -0.313 e. The van der Waals surface area contributed by atoms with Crippen molar-refractivity contribution in [3.05, 3.63) is 71.3 Å². The highest BCUT2D eigenvalue weighted by molar-refractivity contribution is 6.01. The summed E-state index contributed by atoms with van der Waals surface area (Å²) in [6, 6.07) is 17.2. The van der Waals surface area contributed by atoms with Gasteiger partial charge in [0, 0.05) is 0 Å². The monoisotopic (exact) mass is 309 g/mol. The summed E-state index contributed by atoms with van der Waals surface area (Å²) in [5.74, 6) is -0.419. The molecular formula is C20H23NO2. The summed E-state index contributed by atoms with van der Waals surface area (Å²) in [6.07, 6.45) is 4.12. The predicted octanol–water partition coefficient (Wildman–Crippen LogP) is 5.14. The summed E-state index contributed by atoms with van der Waals surface area (Å²) >= 11 is 0. The summed E-state index contributed by atoms with van der Waals surface area (Å²) in [5, 5.41) is 4.14. The van der Waals surface area contributed by atoms with Crippen molar-refractivity contribution in [3.63, 3.8) is 0 Å². The Morgan fingerprint density at radius 1 is 1.00 bits per heavy atom. The maximum Gasteiger partial charge on any atom is 0.365 e. The van der Waals surface area contributed by atoms with Gasteiger partial charge in [0.15, 0.2) is 0 Å². The molecule has 0 spiro atoms. The zero-order valence-corrected chi connectivity index (χ0v) is 13.8. The molecule has 0 aromatic heterocycles. The molecule has 0 bridgehead atoms. The zero-order valence-electron chi connectivity index (χ0n) is 13.8. The quantitative estimate of drug-likeness (QED) is 0.307. The number of rotatable bonds is 7. The van der Waals surface area contributed by atoms with E-state index in [0.717, 1.165) is 42.5 Å². The van der Waals surface area contributed by atoms with Crippen molar-refractivity contribution < 1.29 is 9.63 Å². The highest BCUT2D eigenvalue weighted by atomic mass is 16.7. The van der Waals surface area contributed by atoms with Crippen molar-refractivity contribution in [2.24, 2.45) is 5.16 Å². The summed E-state index contributed by atoms with van der Waals surface area (Å²) in [7, 11) is 0. The Morgan fingerprint density at radius 3 is 2.43 bits per heavy atom. The summed E-state index contributed by atoms with van der Waals surface area (Å²) in [5.41, 5.74) is 3.37. The predicted molar refractivity (Wildman–Crippen MR) is 93.7 cm³/mol. The van der Waals surface area contributed by atoms with Crippen LogP contribution in [0.5, 0.6) is 0 Å². The Morgan fingerprint density at radius 2 is 1.74 bits per heavy atom. The number of oxime groups is 1. The van der Waals surface area contributed by atoms with Crippen LogP contribution < -0.4 is 0 Å². The Balaban J connectivity index is 2.11. The second-order valence-electron chi connectivity index (χ2n) is 5.61. The normalized spacial score (nSPS) is 11.3. The maximum atomic E-state index is 12.1. The topological polar surface area (TPSA) is 38.7 Å². The fraction of sp³-hybridized carbons (Fsp3) is 0.300. The first-order valence-corrected chi connectivity index (χ1v) is 8.11. The minimum atomic E-state index is -0.419. The molecule has 23 heavy (non-hydrogen) atoms. The van der Waals surface area contributed by atoms with Crippen LogP contribution in [-0.2, 0) is 4.84 Å². The van der Waals surface area contributed by atoms with Crippen LogP contribution in [0.2, 0.25) is 0 Å². The first kappa shape index (κ1) is 16.9. The molecule has 3 heteroatoms. The Labute approximate surface area is 138 Å². The molecular weight excluding hydrogens is 286 g/mol. The molecule has 3 nitrogen and oxygen atoms in total. The van der Waals surface area contributed by atoms with Gasteiger partial charge in [-0.2, -0.15) is 0 Å². The van der Waals surface area contributed by atoms with Gasteiger partial charge in [-0.05, 0) is 37.5 Å². The van der Waals surface area contributed by atoms with E-state index >= 15 is 0 Å². The summed E-state index contributed by atoms with van der Waals surface area (Å²) in [4.78, 5) is 17.3. The average molecular weight is 309 g/mol. The molecule has 120 valence electrons. The largest absolute Gasteiger partial charge is 0.365 e. The molecule has 0 atom stereocenters. The maximum absolute atomic E-state index is 12.1. The number of hydrogen-bond acceptors (Lipinski definition) is 3. The molecule has 0 saturated heterocycles. The van der Waals surface area contributed by atoms with E-state index < -0.39 is 5.97 Å². The highest BCUT2D eigenvalue weighted by Gasteiger charge is 2.09. The van der Waals surface area contributed by atoms with Gasteiger partial charge in [-0.3, -0.25) is 0 Å². The average Bonchev–Trinajstić information content (AvgIpc) is 2.58. The minimum absolute atomic E-state index is 0.419. The lowest BCUT2D eigenvalue weighted by molar-refractivity contribution is 0.0515. The van der Waals surface area contributed by atoms with E-state index in [4.69, 9.17) is 4.84 Å². The molecule has 0 aliphatic heterocycles. The number of carbonyl (C=O) groups excluding carboxylic acids is 1. The highest BCUT2D eigenvalue weighted by Crippen LogP contribution is 2.11. The zero-order chi connectivity index (χ0) is 16.5. The smallest absolute Gasteiger partial charge is 0.313 e. The van der Waals surface area contributed by atoms with Gasteiger partial charge in [0.05, 0.1) is 11.3 Å². The van der Waals surface area contributed by atoms with Crippen molar-refractivity contribution >= 4 is 11.7 Å². The van der Waals surface area contributed by atoms with Gasteiger partial charge in [0.2, 0.25) is 0 Å². The molecule has 2 aromatic rings. The second kappa shape index (κ2) is 8.89. The van der Waals surface area contributed by atoms with E-state index in [1.54, 1.807) is 12.1 Å². The van der Waals surface area contributed by atoms with Gasteiger partial charge in [0.25, 0.3) is 0 Å².